The fraction of sp³-hybridized carbons (Fsp3) is 0.500. The fourth-order valence-electron chi connectivity index (χ4n) is 1.24. The van der Waals surface area contributed by atoms with Crippen molar-refractivity contribution in [1.29, 1.82) is 0 Å². The fourth-order valence-corrected chi connectivity index (χ4v) is 1.24. The number of anilines is 1. The maximum Gasteiger partial charge on any atom is 0.417 e. The van der Waals surface area contributed by atoms with Crippen LogP contribution >= 0.6 is 0 Å². The van der Waals surface area contributed by atoms with Gasteiger partial charge in [0.05, 0.1) is 6.54 Å². The van der Waals surface area contributed by atoms with Gasteiger partial charge in [0, 0.05) is 0 Å². The summed E-state index contributed by atoms with van der Waals surface area (Å²) in [5.74, 6) is 0.388. The molecule has 1 aromatic heterocycles. The molecule has 5 nitrogen and oxygen atoms in total. The molecule has 0 bridgehead atoms. The summed E-state index contributed by atoms with van der Waals surface area (Å²) in [7, 11) is 0. The Hall–Kier alpha value is -1.78. The van der Waals surface area contributed by atoms with Crippen molar-refractivity contribution in [1.82, 2.24) is 4.98 Å². The van der Waals surface area contributed by atoms with Crippen LogP contribution in [-0.4, -0.2) is 23.2 Å². The number of hydrogen-bond donors (Lipinski definition) is 0. The predicted octanol–water partition coefficient (Wildman–Crippen LogP) is 2.91. The van der Waals surface area contributed by atoms with Gasteiger partial charge in [0.15, 0.2) is 6.39 Å². The average molecular weight is 238 g/mol. The monoisotopic (exact) mass is 238 g/mol. The van der Waals surface area contributed by atoms with Crippen LogP contribution in [0, 0.1) is 6.92 Å². The van der Waals surface area contributed by atoms with Crippen LogP contribution < -0.4 is 4.90 Å². The van der Waals surface area contributed by atoms with E-state index in [0.29, 0.717) is 18.1 Å². The zero-order valence-electron chi connectivity index (χ0n) is 10.7. The summed E-state index contributed by atoms with van der Waals surface area (Å²) in [5, 5.41) is 0. The van der Waals surface area contributed by atoms with Gasteiger partial charge in [-0.25, -0.2) is 14.7 Å². The summed E-state index contributed by atoms with van der Waals surface area (Å²) in [6.45, 7) is 11.1. The van der Waals surface area contributed by atoms with Crippen molar-refractivity contribution in [2.45, 2.75) is 33.3 Å². The Labute approximate surface area is 101 Å². The van der Waals surface area contributed by atoms with Crippen LogP contribution in [0.5, 0.6) is 0 Å². The van der Waals surface area contributed by atoms with E-state index in [4.69, 9.17) is 9.15 Å². The zero-order chi connectivity index (χ0) is 13.1. The number of hydrogen-bond acceptors (Lipinski definition) is 4. The minimum Gasteiger partial charge on any atom is -0.443 e. The third-order valence-electron chi connectivity index (χ3n) is 1.89. The second kappa shape index (κ2) is 5.03. The molecule has 1 aromatic rings. The molecule has 1 rings (SSSR count). The van der Waals surface area contributed by atoms with Crippen molar-refractivity contribution in [2.75, 3.05) is 11.4 Å². The van der Waals surface area contributed by atoms with Crippen molar-refractivity contribution in [3.05, 3.63) is 24.7 Å². The van der Waals surface area contributed by atoms with Gasteiger partial charge in [-0.15, -0.1) is 6.58 Å². The first-order chi connectivity index (χ1) is 7.85. The van der Waals surface area contributed by atoms with Gasteiger partial charge in [-0.05, 0) is 27.7 Å². The van der Waals surface area contributed by atoms with E-state index in [2.05, 4.69) is 11.6 Å². The Morgan fingerprint density at radius 2 is 2.29 bits per heavy atom. The topological polar surface area (TPSA) is 55.6 Å². The third-order valence-corrected chi connectivity index (χ3v) is 1.89. The number of ether oxygens (including phenoxy) is 1. The van der Waals surface area contributed by atoms with E-state index in [1.165, 1.54) is 11.3 Å². The number of carbonyl (C=O) groups excluding carboxylic acids is 1. The molecule has 0 fully saturated rings. The van der Waals surface area contributed by atoms with Crippen molar-refractivity contribution >= 4 is 12.0 Å². The highest BCUT2D eigenvalue weighted by atomic mass is 16.6. The van der Waals surface area contributed by atoms with E-state index in [9.17, 15) is 4.79 Å². The molecule has 0 aliphatic heterocycles. The normalized spacial score (nSPS) is 11.1. The quantitative estimate of drug-likeness (QED) is 0.760. The highest BCUT2D eigenvalue weighted by Crippen LogP contribution is 2.21. The molecule has 94 valence electrons. The second-order valence-electron chi connectivity index (χ2n) is 4.62. The van der Waals surface area contributed by atoms with Crippen LogP contribution in [0.3, 0.4) is 0 Å². The standard InChI is InChI=1S/C12H18N2O3/c1-6-7-14(10-9(2)13-8-16-10)11(15)17-12(3,4)5/h6,8H,1,7H2,2-5H3. The number of nitrogens with zero attached hydrogens (tertiary/aromatic N) is 2. The highest BCUT2D eigenvalue weighted by Gasteiger charge is 2.25. The predicted molar refractivity (Wildman–Crippen MR) is 65.0 cm³/mol. The van der Waals surface area contributed by atoms with Gasteiger partial charge in [-0.1, -0.05) is 6.08 Å². The lowest BCUT2D eigenvalue weighted by Crippen LogP contribution is -2.37. The summed E-state index contributed by atoms with van der Waals surface area (Å²) in [5.41, 5.74) is 0.0856. The van der Waals surface area contributed by atoms with E-state index in [1.807, 2.05) is 20.8 Å². The van der Waals surface area contributed by atoms with Crippen molar-refractivity contribution in [3.8, 4) is 0 Å². The van der Waals surface area contributed by atoms with Crippen LogP contribution in [0.1, 0.15) is 26.5 Å². The second-order valence-corrected chi connectivity index (χ2v) is 4.62. The maximum atomic E-state index is 12.0. The number of aryl methyl sites for hydroxylation is 1. The Kier molecular flexibility index (Phi) is 3.93. The Morgan fingerprint density at radius 1 is 1.65 bits per heavy atom. The largest absolute Gasteiger partial charge is 0.443 e. The number of oxazole rings is 1. The van der Waals surface area contributed by atoms with Gasteiger partial charge in [-0.2, -0.15) is 0 Å². The van der Waals surface area contributed by atoms with Gasteiger partial charge in [-0.3, -0.25) is 0 Å². The minimum atomic E-state index is -0.551. The molecule has 1 heterocycles. The molecule has 17 heavy (non-hydrogen) atoms. The molecule has 0 aliphatic rings. The van der Waals surface area contributed by atoms with Crippen molar-refractivity contribution in [2.24, 2.45) is 0 Å². The maximum absolute atomic E-state index is 12.0. The van der Waals surface area contributed by atoms with E-state index >= 15 is 0 Å². The molecule has 0 aliphatic carbocycles. The van der Waals surface area contributed by atoms with E-state index < -0.39 is 11.7 Å². The lowest BCUT2D eigenvalue weighted by atomic mass is 10.2. The van der Waals surface area contributed by atoms with Crippen LogP contribution in [0.15, 0.2) is 23.5 Å². The SMILES string of the molecule is C=CCN(C(=O)OC(C)(C)C)c1ocnc1C. The molecule has 0 unspecified atom stereocenters. The Balaban J connectivity index is 2.90. The van der Waals surface area contributed by atoms with Crippen LogP contribution in [0.25, 0.3) is 0 Å². The van der Waals surface area contributed by atoms with E-state index in [1.54, 1.807) is 13.0 Å². The smallest absolute Gasteiger partial charge is 0.417 e. The molecule has 0 atom stereocenters. The summed E-state index contributed by atoms with van der Waals surface area (Å²) in [4.78, 5) is 17.3. The molecular weight excluding hydrogens is 220 g/mol. The van der Waals surface area contributed by atoms with Crippen molar-refractivity contribution in [3.63, 3.8) is 0 Å². The van der Waals surface area contributed by atoms with Crippen LogP contribution in [0.4, 0.5) is 10.7 Å². The van der Waals surface area contributed by atoms with Gasteiger partial charge in [0.25, 0.3) is 0 Å². The number of aromatic nitrogens is 1. The van der Waals surface area contributed by atoms with Gasteiger partial charge < -0.3 is 9.15 Å². The number of rotatable bonds is 3. The van der Waals surface area contributed by atoms with Crippen LogP contribution in [-0.2, 0) is 4.74 Å². The molecule has 0 saturated heterocycles. The third kappa shape index (κ3) is 3.62. The molecule has 1 amide bonds. The van der Waals surface area contributed by atoms with Gasteiger partial charge >= 0.3 is 6.09 Å². The molecule has 0 aromatic carbocycles. The molecule has 0 N–H and O–H groups in total. The summed E-state index contributed by atoms with van der Waals surface area (Å²) in [6, 6.07) is 0. The number of carbonyl (C=O) groups is 1. The molecule has 5 heteroatoms. The number of amides is 1. The first kappa shape index (κ1) is 13.3. The summed E-state index contributed by atoms with van der Waals surface area (Å²) in [6.07, 6.45) is 2.43. The lowest BCUT2D eigenvalue weighted by Gasteiger charge is -2.25. The average Bonchev–Trinajstić information content (AvgIpc) is 2.58. The first-order valence-electron chi connectivity index (χ1n) is 5.36. The molecular formula is C12H18N2O3. The zero-order valence-corrected chi connectivity index (χ0v) is 10.7. The Morgan fingerprint density at radius 3 is 2.71 bits per heavy atom. The highest BCUT2D eigenvalue weighted by molar-refractivity contribution is 5.86. The lowest BCUT2D eigenvalue weighted by molar-refractivity contribution is 0.0578. The molecule has 0 saturated carbocycles. The van der Waals surface area contributed by atoms with Gasteiger partial charge in [0.2, 0.25) is 5.88 Å². The van der Waals surface area contributed by atoms with E-state index in [-0.39, 0.29) is 0 Å². The summed E-state index contributed by atoms with van der Waals surface area (Å²) < 4.78 is 10.5. The van der Waals surface area contributed by atoms with Crippen molar-refractivity contribution < 1.29 is 13.9 Å². The molecule has 0 radical (unpaired) electrons. The summed E-state index contributed by atoms with van der Waals surface area (Å²) >= 11 is 0. The molecule has 0 spiro atoms. The van der Waals surface area contributed by atoms with Gasteiger partial charge in [0.1, 0.15) is 11.3 Å². The Bertz CT molecular complexity index is 404. The minimum absolute atomic E-state index is 0.310. The van der Waals surface area contributed by atoms with E-state index in [0.717, 1.165) is 0 Å². The first-order valence-corrected chi connectivity index (χ1v) is 5.36. The van der Waals surface area contributed by atoms with Crippen LogP contribution in [0.2, 0.25) is 0 Å².